The van der Waals surface area contributed by atoms with Gasteiger partial charge >= 0.3 is 11.9 Å². The lowest BCUT2D eigenvalue weighted by Gasteiger charge is -2.09. The predicted octanol–water partition coefficient (Wildman–Crippen LogP) is -0.00390. The lowest BCUT2D eigenvalue weighted by molar-refractivity contribution is -0.136. The second-order valence-corrected chi connectivity index (χ2v) is 2.09. The molecular weight excluding hydrogens is 164 g/mol. The highest BCUT2D eigenvalue weighted by Crippen LogP contribution is 2.10. The highest BCUT2D eigenvalue weighted by Gasteiger charge is 2.16. The molecule has 1 heterocycles. The minimum absolute atomic E-state index is 0.0141. The van der Waals surface area contributed by atoms with Gasteiger partial charge in [0, 0.05) is 6.08 Å². The average molecular weight is 170 g/mol. The van der Waals surface area contributed by atoms with Crippen molar-refractivity contribution in [3.8, 4) is 0 Å². The molecule has 1 aliphatic heterocycles. The van der Waals surface area contributed by atoms with Crippen LogP contribution in [0.1, 0.15) is 0 Å². The Labute approximate surface area is 67.6 Å². The summed E-state index contributed by atoms with van der Waals surface area (Å²) >= 11 is 0. The molecule has 64 valence electrons. The zero-order chi connectivity index (χ0) is 9.14. The van der Waals surface area contributed by atoms with Crippen molar-refractivity contribution in [3.05, 3.63) is 23.5 Å². The molecule has 5 heteroatoms. The number of ether oxygens (including phenoxy) is 1. The summed E-state index contributed by atoms with van der Waals surface area (Å²) in [4.78, 5) is 20.7. The number of hydrogen-bond donors (Lipinski definition) is 2. The highest BCUT2D eigenvalue weighted by molar-refractivity contribution is 5.94. The molecule has 0 bridgehead atoms. The number of carboxylic acids is 2. The topological polar surface area (TPSA) is 83.8 Å². The van der Waals surface area contributed by atoms with E-state index in [0.717, 1.165) is 6.08 Å². The van der Waals surface area contributed by atoms with Crippen LogP contribution < -0.4 is 0 Å². The average Bonchev–Trinajstić information content (AvgIpc) is 2.04. The Balaban J connectivity index is 2.88. The fraction of sp³-hybridized carbons (Fsp3) is 0.143. The van der Waals surface area contributed by atoms with Gasteiger partial charge in [-0.3, -0.25) is 0 Å². The Morgan fingerprint density at radius 1 is 1.33 bits per heavy atom. The van der Waals surface area contributed by atoms with Gasteiger partial charge in [-0.15, -0.1) is 0 Å². The van der Waals surface area contributed by atoms with Crippen LogP contribution in [-0.2, 0) is 14.3 Å². The summed E-state index contributed by atoms with van der Waals surface area (Å²) in [5.41, 5.74) is -0.0568. The van der Waals surface area contributed by atoms with Crippen LogP contribution in [0, 0.1) is 0 Å². The molecule has 5 nitrogen and oxygen atoms in total. The number of rotatable bonds is 2. The summed E-state index contributed by atoms with van der Waals surface area (Å²) in [5, 5.41) is 16.9. The molecule has 2 N–H and O–H groups in total. The minimum atomic E-state index is -1.26. The molecule has 0 unspecified atom stereocenters. The van der Waals surface area contributed by atoms with E-state index in [-0.39, 0.29) is 17.9 Å². The summed E-state index contributed by atoms with van der Waals surface area (Å²) in [5.74, 6) is -2.76. The minimum Gasteiger partial charge on any atom is -0.482 e. The Morgan fingerprint density at radius 2 is 2.00 bits per heavy atom. The third kappa shape index (κ3) is 1.63. The second-order valence-electron chi connectivity index (χ2n) is 2.09. The largest absolute Gasteiger partial charge is 0.482 e. The smallest absolute Gasteiger partial charge is 0.371 e. The summed E-state index contributed by atoms with van der Waals surface area (Å²) < 4.78 is 4.64. The fourth-order valence-electron chi connectivity index (χ4n) is 0.736. The molecule has 0 aromatic rings. The van der Waals surface area contributed by atoms with Gasteiger partial charge in [-0.05, 0) is 6.08 Å². The van der Waals surface area contributed by atoms with Gasteiger partial charge in [-0.2, -0.15) is 0 Å². The van der Waals surface area contributed by atoms with Crippen LogP contribution in [0.2, 0.25) is 0 Å². The first-order chi connectivity index (χ1) is 5.61. The van der Waals surface area contributed by atoms with Gasteiger partial charge in [0.15, 0.2) is 0 Å². The van der Waals surface area contributed by atoms with E-state index < -0.39 is 11.9 Å². The quantitative estimate of drug-likeness (QED) is 0.609. The van der Waals surface area contributed by atoms with Crippen molar-refractivity contribution < 1.29 is 24.5 Å². The first-order valence-electron chi connectivity index (χ1n) is 3.12. The number of aliphatic carboxylic acids is 2. The molecule has 0 saturated carbocycles. The van der Waals surface area contributed by atoms with Crippen LogP contribution in [0.25, 0.3) is 0 Å². The van der Waals surface area contributed by atoms with Crippen molar-refractivity contribution in [1.82, 2.24) is 0 Å². The van der Waals surface area contributed by atoms with Gasteiger partial charge in [-0.25, -0.2) is 9.59 Å². The maximum absolute atomic E-state index is 10.4. The first kappa shape index (κ1) is 8.32. The normalized spacial score (nSPS) is 15.7. The Bertz CT molecular complexity index is 286. The van der Waals surface area contributed by atoms with E-state index in [2.05, 4.69) is 4.74 Å². The van der Waals surface area contributed by atoms with Gasteiger partial charge in [0.25, 0.3) is 0 Å². The molecule has 1 aliphatic rings. The van der Waals surface area contributed by atoms with Gasteiger partial charge < -0.3 is 14.9 Å². The van der Waals surface area contributed by atoms with Crippen LogP contribution in [-0.4, -0.2) is 28.8 Å². The molecule has 0 fully saturated rings. The van der Waals surface area contributed by atoms with E-state index >= 15 is 0 Å². The molecular formula is C7H6O5. The van der Waals surface area contributed by atoms with Crippen molar-refractivity contribution in [2.75, 3.05) is 6.61 Å². The molecule has 0 aromatic heterocycles. The van der Waals surface area contributed by atoms with Crippen molar-refractivity contribution in [3.63, 3.8) is 0 Å². The van der Waals surface area contributed by atoms with Gasteiger partial charge in [-0.1, -0.05) is 0 Å². The van der Waals surface area contributed by atoms with Gasteiger partial charge in [0.05, 0.1) is 5.57 Å². The zero-order valence-corrected chi connectivity index (χ0v) is 5.98. The maximum Gasteiger partial charge on any atom is 0.371 e. The fourth-order valence-corrected chi connectivity index (χ4v) is 0.736. The Kier molecular flexibility index (Phi) is 2.14. The van der Waals surface area contributed by atoms with Gasteiger partial charge in [0.2, 0.25) is 5.76 Å². The van der Waals surface area contributed by atoms with Crippen molar-refractivity contribution >= 4 is 11.9 Å². The lowest BCUT2D eigenvalue weighted by Crippen LogP contribution is -2.12. The number of carboxylic acid groups (broad SMARTS) is 2. The van der Waals surface area contributed by atoms with Crippen molar-refractivity contribution in [2.45, 2.75) is 0 Å². The summed E-state index contributed by atoms with van der Waals surface area (Å²) in [6.07, 6.45) is 2.28. The van der Waals surface area contributed by atoms with E-state index in [1.54, 1.807) is 0 Å². The maximum atomic E-state index is 10.4. The Hall–Kier alpha value is -1.78. The van der Waals surface area contributed by atoms with Crippen molar-refractivity contribution in [1.29, 1.82) is 0 Å². The molecule has 0 atom stereocenters. The predicted molar refractivity (Wildman–Crippen MR) is 37.4 cm³/mol. The molecule has 1 rings (SSSR count). The molecule has 0 amide bonds. The summed E-state index contributed by atoms with van der Waals surface area (Å²) in [6.45, 7) is -0.0141. The highest BCUT2D eigenvalue weighted by atomic mass is 16.5. The van der Waals surface area contributed by atoms with Crippen molar-refractivity contribution in [2.24, 2.45) is 0 Å². The second kappa shape index (κ2) is 3.08. The molecule has 0 saturated heterocycles. The summed E-state index contributed by atoms with van der Waals surface area (Å²) in [7, 11) is 0. The van der Waals surface area contributed by atoms with Crippen LogP contribution >= 0.6 is 0 Å². The standard InChI is InChI=1S/C7H6O5/c8-6(9)4-1-2-12-5(3-4)7(10)11/h1,3H,2H2,(H,8,9)(H,10,11). The van der Waals surface area contributed by atoms with Crippen LogP contribution in [0.15, 0.2) is 23.5 Å². The number of hydrogen-bond acceptors (Lipinski definition) is 3. The van der Waals surface area contributed by atoms with E-state index in [1.165, 1.54) is 6.08 Å². The van der Waals surface area contributed by atoms with Gasteiger partial charge in [0.1, 0.15) is 6.61 Å². The van der Waals surface area contributed by atoms with E-state index in [4.69, 9.17) is 10.2 Å². The summed E-state index contributed by atoms with van der Waals surface area (Å²) in [6, 6.07) is 0. The molecule has 0 aromatic carbocycles. The molecule has 12 heavy (non-hydrogen) atoms. The third-order valence-electron chi connectivity index (χ3n) is 1.29. The van der Waals surface area contributed by atoms with E-state index in [1.807, 2.05) is 0 Å². The Morgan fingerprint density at radius 3 is 2.50 bits per heavy atom. The van der Waals surface area contributed by atoms with Crippen LogP contribution in [0.5, 0.6) is 0 Å². The third-order valence-corrected chi connectivity index (χ3v) is 1.29. The lowest BCUT2D eigenvalue weighted by atomic mass is 10.2. The molecule has 0 aliphatic carbocycles. The van der Waals surface area contributed by atoms with Crippen LogP contribution in [0.3, 0.4) is 0 Å². The van der Waals surface area contributed by atoms with E-state index in [9.17, 15) is 9.59 Å². The monoisotopic (exact) mass is 170 g/mol. The first-order valence-corrected chi connectivity index (χ1v) is 3.12. The molecule has 0 radical (unpaired) electrons. The SMILES string of the molecule is O=C(O)C1=CCOC(C(=O)O)=C1. The van der Waals surface area contributed by atoms with Crippen LogP contribution in [0.4, 0.5) is 0 Å². The molecule has 0 spiro atoms. The number of carbonyl (C=O) groups is 2. The van der Waals surface area contributed by atoms with E-state index in [0.29, 0.717) is 0 Å². The zero-order valence-electron chi connectivity index (χ0n) is 5.98.